The van der Waals surface area contributed by atoms with E-state index in [-0.39, 0.29) is 0 Å². The van der Waals surface area contributed by atoms with Crippen LogP contribution >= 0.6 is 11.3 Å². The quantitative estimate of drug-likeness (QED) is 0.769. The van der Waals surface area contributed by atoms with Gasteiger partial charge < -0.3 is 5.32 Å². The third-order valence-electron chi connectivity index (χ3n) is 2.25. The van der Waals surface area contributed by atoms with E-state index in [1.165, 1.54) is 17.1 Å². The number of likely N-dealkylation sites (N-methyl/N-ethyl adjacent to an activating group) is 2. The van der Waals surface area contributed by atoms with Crippen molar-refractivity contribution in [1.29, 1.82) is 0 Å². The molecule has 0 amide bonds. The van der Waals surface area contributed by atoms with E-state index >= 15 is 0 Å². The molecule has 15 heavy (non-hydrogen) atoms. The van der Waals surface area contributed by atoms with E-state index in [9.17, 15) is 0 Å². The van der Waals surface area contributed by atoms with E-state index in [4.69, 9.17) is 0 Å². The van der Waals surface area contributed by atoms with Crippen molar-refractivity contribution in [3.63, 3.8) is 0 Å². The highest BCUT2D eigenvalue weighted by atomic mass is 32.1. The molecule has 0 saturated carbocycles. The molecule has 4 heteroatoms. The van der Waals surface area contributed by atoms with E-state index < -0.39 is 0 Å². The molecule has 0 spiro atoms. The van der Waals surface area contributed by atoms with Gasteiger partial charge in [-0.1, -0.05) is 13.3 Å². The summed E-state index contributed by atoms with van der Waals surface area (Å²) in [6.45, 7) is 5.26. The van der Waals surface area contributed by atoms with Crippen LogP contribution in [0.25, 0.3) is 0 Å². The molecule has 0 bridgehead atoms. The van der Waals surface area contributed by atoms with Crippen LogP contribution in [0, 0.1) is 0 Å². The van der Waals surface area contributed by atoms with Crippen LogP contribution in [-0.4, -0.2) is 37.1 Å². The molecule has 0 saturated heterocycles. The fraction of sp³-hybridized carbons (Fsp3) is 0.727. The summed E-state index contributed by atoms with van der Waals surface area (Å²) in [7, 11) is 4.12. The second-order valence-corrected chi connectivity index (χ2v) is 4.77. The number of aromatic nitrogens is 1. The molecule has 0 aliphatic heterocycles. The summed E-state index contributed by atoms with van der Waals surface area (Å²) in [5.74, 6) is 0. The lowest BCUT2D eigenvalue weighted by Gasteiger charge is -2.13. The molecule has 0 atom stereocenters. The third-order valence-corrected chi connectivity index (χ3v) is 3.14. The number of aryl methyl sites for hydroxylation is 1. The molecular weight excluding hydrogens is 206 g/mol. The first-order chi connectivity index (χ1) is 7.26. The lowest BCUT2D eigenvalue weighted by atomic mass is 10.3. The van der Waals surface area contributed by atoms with Crippen LogP contribution in [0.2, 0.25) is 0 Å². The third kappa shape index (κ3) is 4.73. The van der Waals surface area contributed by atoms with Crippen LogP contribution in [0.5, 0.6) is 0 Å². The molecule has 1 N–H and O–H groups in total. The maximum absolute atomic E-state index is 4.60. The normalized spacial score (nSPS) is 11.2. The summed E-state index contributed by atoms with van der Waals surface area (Å²) in [4.78, 5) is 6.90. The molecule has 0 unspecified atom stereocenters. The Morgan fingerprint density at radius 1 is 1.53 bits per heavy atom. The van der Waals surface area contributed by atoms with Crippen molar-refractivity contribution < 1.29 is 0 Å². The van der Waals surface area contributed by atoms with Crippen molar-refractivity contribution in [2.45, 2.75) is 26.3 Å². The Labute approximate surface area is 96.5 Å². The van der Waals surface area contributed by atoms with Crippen molar-refractivity contribution in [1.82, 2.24) is 15.2 Å². The Balaban J connectivity index is 2.35. The smallest absolute Gasteiger partial charge is 0.107 e. The summed E-state index contributed by atoms with van der Waals surface area (Å²) in [5.41, 5.74) is 1.25. The maximum Gasteiger partial charge on any atom is 0.107 e. The zero-order valence-electron chi connectivity index (χ0n) is 9.92. The molecule has 0 aliphatic carbocycles. The second-order valence-electron chi connectivity index (χ2n) is 3.82. The first kappa shape index (κ1) is 12.6. The van der Waals surface area contributed by atoms with E-state index in [1.807, 2.05) is 7.05 Å². The van der Waals surface area contributed by atoms with E-state index in [2.05, 4.69) is 34.6 Å². The first-order valence-electron chi connectivity index (χ1n) is 5.52. The van der Waals surface area contributed by atoms with Crippen molar-refractivity contribution in [3.05, 3.63) is 16.1 Å². The minimum absolute atomic E-state index is 0.968. The standard InChI is InChI=1S/C11H21N3S/c1-4-5-10-9-15-11(13-10)8-14(3)7-6-12-2/h9,12H,4-8H2,1-3H3. The number of rotatable bonds is 7. The molecule has 1 aromatic rings. The van der Waals surface area contributed by atoms with Gasteiger partial charge in [-0.05, 0) is 20.5 Å². The summed E-state index contributed by atoms with van der Waals surface area (Å²) in [6, 6.07) is 0. The Kier molecular flexibility index (Phi) is 5.83. The highest BCUT2D eigenvalue weighted by Crippen LogP contribution is 2.12. The van der Waals surface area contributed by atoms with Gasteiger partial charge in [0.05, 0.1) is 12.2 Å². The van der Waals surface area contributed by atoms with Gasteiger partial charge in [-0.25, -0.2) is 4.98 Å². The van der Waals surface area contributed by atoms with Crippen LogP contribution < -0.4 is 5.32 Å². The van der Waals surface area contributed by atoms with Gasteiger partial charge in [-0.15, -0.1) is 11.3 Å². The number of nitrogens with one attached hydrogen (secondary N) is 1. The van der Waals surface area contributed by atoms with E-state index in [0.29, 0.717) is 0 Å². The largest absolute Gasteiger partial charge is 0.318 e. The topological polar surface area (TPSA) is 28.2 Å². The van der Waals surface area contributed by atoms with Crippen molar-refractivity contribution in [2.75, 3.05) is 27.2 Å². The Hall–Kier alpha value is -0.450. The summed E-state index contributed by atoms with van der Waals surface area (Å²) in [5, 5.41) is 6.57. The highest BCUT2D eigenvalue weighted by molar-refractivity contribution is 7.09. The summed E-state index contributed by atoms with van der Waals surface area (Å²) < 4.78 is 0. The van der Waals surface area contributed by atoms with Gasteiger partial charge in [0, 0.05) is 18.5 Å². The van der Waals surface area contributed by atoms with Crippen LogP contribution in [0.1, 0.15) is 24.0 Å². The van der Waals surface area contributed by atoms with Gasteiger partial charge in [0.2, 0.25) is 0 Å². The number of thiazole rings is 1. The fourth-order valence-electron chi connectivity index (χ4n) is 1.41. The average Bonchev–Trinajstić information content (AvgIpc) is 2.63. The fourth-order valence-corrected chi connectivity index (χ4v) is 2.31. The molecule has 1 rings (SSSR count). The van der Waals surface area contributed by atoms with Gasteiger partial charge in [0.1, 0.15) is 5.01 Å². The lowest BCUT2D eigenvalue weighted by Crippen LogP contribution is -2.26. The zero-order valence-corrected chi connectivity index (χ0v) is 10.7. The molecular formula is C11H21N3S. The number of hydrogen-bond acceptors (Lipinski definition) is 4. The van der Waals surface area contributed by atoms with Crippen LogP contribution in [0.15, 0.2) is 5.38 Å². The van der Waals surface area contributed by atoms with Gasteiger partial charge in [0.25, 0.3) is 0 Å². The lowest BCUT2D eigenvalue weighted by molar-refractivity contribution is 0.327. The molecule has 3 nitrogen and oxygen atoms in total. The molecule has 0 radical (unpaired) electrons. The monoisotopic (exact) mass is 227 g/mol. The van der Waals surface area contributed by atoms with Gasteiger partial charge in [0.15, 0.2) is 0 Å². The predicted octanol–water partition coefficient (Wildman–Crippen LogP) is 1.75. The van der Waals surface area contributed by atoms with Crippen molar-refractivity contribution in [2.24, 2.45) is 0 Å². The summed E-state index contributed by atoms with van der Waals surface area (Å²) in [6.07, 6.45) is 2.29. The molecule has 1 aromatic heterocycles. The molecule has 1 heterocycles. The average molecular weight is 227 g/mol. The second kappa shape index (κ2) is 6.93. The first-order valence-corrected chi connectivity index (χ1v) is 6.40. The van der Waals surface area contributed by atoms with Gasteiger partial charge in [-0.3, -0.25) is 4.90 Å². The Morgan fingerprint density at radius 2 is 2.33 bits per heavy atom. The van der Waals surface area contributed by atoms with Crippen LogP contribution in [0.4, 0.5) is 0 Å². The minimum atomic E-state index is 0.968. The minimum Gasteiger partial charge on any atom is -0.318 e. The molecule has 0 aliphatic rings. The van der Waals surface area contributed by atoms with Crippen molar-refractivity contribution >= 4 is 11.3 Å². The van der Waals surface area contributed by atoms with Crippen molar-refractivity contribution in [3.8, 4) is 0 Å². The molecule has 0 fully saturated rings. The zero-order chi connectivity index (χ0) is 11.1. The number of nitrogens with zero attached hydrogens (tertiary/aromatic N) is 2. The summed E-state index contributed by atoms with van der Waals surface area (Å²) >= 11 is 1.78. The maximum atomic E-state index is 4.60. The highest BCUT2D eigenvalue weighted by Gasteiger charge is 2.04. The molecule has 0 aromatic carbocycles. The predicted molar refractivity (Wildman–Crippen MR) is 66.4 cm³/mol. The SMILES string of the molecule is CCCc1csc(CN(C)CCNC)n1. The molecule has 86 valence electrons. The Morgan fingerprint density at radius 3 is 3.00 bits per heavy atom. The van der Waals surface area contributed by atoms with Crippen LogP contribution in [-0.2, 0) is 13.0 Å². The van der Waals surface area contributed by atoms with Gasteiger partial charge in [-0.2, -0.15) is 0 Å². The van der Waals surface area contributed by atoms with Crippen LogP contribution in [0.3, 0.4) is 0 Å². The van der Waals surface area contributed by atoms with E-state index in [1.54, 1.807) is 11.3 Å². The van der Waals surface area contributed by atoms with E-state index in [0.717, 1.165) is 26.1 Å². The Bertz CT molecular complexity index is 273. The number of hydrogen-bond donors (Lipinski definition) is 1. The van der Waals surface area contributed by atoms with Gasteiger partial charge >= 0.3 is 0 Å².